The van der Waals surface area contributed by atoms with Gasteiger partial charge in [-0.05, 0) is 20.6 Å². The van der Waals surface area contributed by atoms with Crippen molar-refractivity contribution >= 4 is 10.2 Å². The van der Waals surface area contributed by atoms with Crippen LogP contribution in [-0.2, 0) is 0 Å². The molecule has 0 spiro atoms. The third kappa shape index (κ3) is 2.95. The molecule has 0 aliphatic carbocycles. The SMILES string of the molecule is CCNC([SiH3])(NC)NC. The molecule has 0 amide bonds. The van der Waals surface area contributed by atoms with E-state index in [9.17, 15) is 0 Å². The molecule has 0 bridgehead atoms. The van der Waals surface area contributed by atoms with Crippen LogP contribution in [0.2, 0.25) is 0 Å². The molecular weight excluding hydrogens is 130 g/mol. The second kappa shape index (κ2) is 4.00. The summed E-state index contributed by atoms with van der Waals surface area (Å²) in [6.07, 6.45) is 0. The summed E-state index contributed by atoms with van der Waals surface area (Å²) in [7, 11) is 4.95. The molecule has 9 heavy (non-hydrogen) atoms. The molecule has 0 rings (SSSR count). The first kappa shape index (κ1) is 9.10. The van der Waals surface area contributed by atoms with Crippen LogP contribution in [0.1, 0.15) is 6.92 Å². The smallest absolute Gasteiger partial charge is 0.0966 e. The standard InChI is InChI=1S/C5H17N3Si/c1-4-8-5(9,6-2)7-3/h6-8H,4H2,1-3,9H3. The largest absolute Gasteiger partial charge is 0.294 e. The van der Waals surface area contributed by atoms with Crippen molar-refractivity contribution in [1.29, 1.82) is 0 Å². The normalized spacial score (nSPS) is 12.3. The zero-order chi connectivity index (χ0) is 7.33. The summed E-state index contributed by atoms with van der Waals surface area (Å²) in [5.41, 5.74) is 0.0226. The first-order valence-corrected chi connectivity index (χ1v) is 4.31. The van der Waals surface area contributed by atoms with Gasteiger partial charge in [0.25, 0.3) is 0 Å². The van der Waals surface area contributed by atoms with E-state index in [0.29, 0.717) is 0 Å². The summed E-state index contributed by atoms with van der Waals surface area (Å²) in [5, 5.41) is 9.63. The second-order valence-electron chi connectivity index (χ2n) is 2.16. The van der Waals surface area contributed by atoms with E-state index in [2.05, 4.69) is 22.9 Å². The van der Waals surface area contributed by atoms with Gasteiger partial charge >= 0.3 is 0 Å². The number of hydrogen-bond acceptors (Lipinski definition) is 3. The maximum atomic E-state index is 3.30. The molecule has 0 aliphatic rings. The summed E-state index contributed by atoms with van der Waals surface area (Å²) in [4.78, 5) is 0. The second-order valence-corrected chi connectivity index (χ2v) is 3.66. The van der Waals surface area contributed by atoms with Crippen molar-refractivity contribution in [3.63, 3.8) is 0 Å². The highest BCUT2D eigenvalue weighted by molar-refractivity contribution is 6.14. The average molecular weight is 147 g/mol. The fraction of sp³-hybridized carbons (Fsp3) is 1.00. The summed E-state index contributed by atoms with van der Waals surface area (Å²) >= 11 is 0. The minimum atomic E-state index is 0.0226. The third-order valence-electron chi connectivity index (χ3n) is 1.53. The Balaban J connectivity index is 3.62. The molecular formula is C5H17N3Si. The van der Waals surface area contributed by atoms with Gasteiger partial charge in [0.15, 0.2) is 0 Å². The van der Waals surface area contributed by atoms with E-state index in [1.165, 1.54) is 0 Å². The molecule has 0 aromatic carbocycles. The maximum Gasteiger partial charge on any atom is 0.0966 e. The molecule has 0 unspecified atom stereocenters. The van der Waals surface area contributed by atoms with Crippen LogP contribution in [0.15, 0.2) is 0 Å². The van der Waals surface area contributed by atoms with Gasteiger partial charge in [0.1, 0.15) is 0 Å². The molecule has 3 nitrogen and oxygen atoms in total. The molecule has 0 saturated heterocycles. The van der Waals surface area contributed by atoms with Gasteiger partial charge in [0.2, 0.25) is 0 Å². The lowest BCUT2D eigenvalue weighted by atomic mass is 10.6. The quantitative estimate of drug-likeness (QED) is 0.318. The van der Waals surface area contributed by atoms with Gasteiger partial charge in [-0.25, -0.2) is 0 Å². The van der Waals surface area contributed by atoms with Crippen LogP contribution in [0, 0.1) is 0 Å². The summed E-state index contributed by atoms with van der Waals surface area (Å²) in [6, 6.07) is 0. The lowest BCUT2D eigenvalue weighted by molar-refractivity contribution is 0.354. The Morgan fingerprint density at radius 1 is 1.33 bits per heavy atom. The molecule has 56 valence electrons. The fourth-order valence-corrected chi connectivity index (χ4v) is 1.01. The van der Waals surface area contributed by atoms with Gasteiger partial charge < -0.3 is 0 Å². The van der Waals surface area contributed by atoms with Crippen LogP contribution in [0.5, 0.6) is 0 Å². The van der Waals surface area contributed by atoms with E-state index in [4.69, 9.17) is 0 Å². The van der Waals surface area contributed by atoms with Gasteiger partial charge in [0, 0.05) is 0 Å². The Morgan fingerprint density at radius 2 is 1.78 bits per heavy atom. The first-order chi connectivity index (χ1) is 4.18. The minimum absolute atomic E-state index is 0.0226. The van der Waals surface area contributed by atoms with Gasteiger partial charge in [-0.15, -0.1) is 0 Å². The molecule has 0 atom stereocenters. The Morgan fingerprint density at radius 3 is 1.89 bits per heavy atom. The zero-order valence-electron chi connectivity index (χ0n) is 6.71. The van der Waals surface area contributed by atoms with Crippen LogP contribution in [0.3, 0.4) is 0 Å². The highest BCUT2D eigenvalue weighted by Crippen LogP contribution is 1.81. The fourth-order valence-electron chi connectivity index (χ4n) is 0.655. The lowest BCUT2D eigenvalue weighted by Crippen LogP contribution is -2.64. The van der Waals surface area contributed by atoms with Crippen molar-refractivity contribution in [2.45, 2.75) is 12.3 Å². The zero-order valence-corrected chi connectivity index (χ0v) is 8.71. The van der Waals surface area contributed by atoms with E-state index in [0.717, 1.165) is 16.8 Å². The topological polar surface area (TPSA) is 36.1 Å². The van der Waals surface area contributed by atoms with Crippen LogP contribution < -0.4 is 16.0 Å². The molecule has 0 fully saturated rings. The number of rotatable bonds is 4. The Labute approximate surface area is 60.0 Å². The van der Waals surface area contributed by atoms with E-state index < -0.39 is 0 Å². The van der Waals surface area contributed by atoms with E-state index >= 15 is 0 Å². The van der Waals surface area contributed by atoms with Crippen molar-refractivity contribution in [3.05, 3.63) is 0 Å². The van der Waals surface area contributed by atoms with Crippen LogP contribution >= 0.6 is 0 Å². The van der Waals surface area contributed by atoms with Crippen LogP contribution in [-0.4, -0.2) is 36.3 Å². The Kier molecular flexibility index (Phi) is 4.04. The maximum absolute atomic E-state index is 3.30. The third-order valence-corrected chi connectivity index (χ3v) is 2.88. The summed E-state index contributed by atoms with van der Waals surface area (Å²) in [5.74, 6) is 0. The predicted octanol–water partition coefficient (Wildman–Crippen LogP) is -1.99. The average Bonchev–Trinajstić information content (AvgIpc) is 1.89. The molecule has 4 heteroatoms. The van der Waals surface area contributed by atoms with Gasteiger partial charge in [-0.2, -0.15) is 0 Å². The van der Waals surface area contributed by atoms with Gasteiger partial charge in [0.05, 0.1) is 15.7 Å². The van der Waals surface area contributed by atoms with Gasteiger partial charge in [-0.1, -0.05) is 6.92 Å². The van der Waals surface area contributed by atoms with Crippen molar-refractivity contribution in [3.8, 4) is 0 Å². The van der Waals surface area contributed by atoms with Crippen molar-refractivity contribution in [2.75, 3.05) is 20.6 Å². The molecule has 0 radical (unpaired) electrons. The molecule has 0 aromatic heterocycles. The molecule has 3 N–H and O–H groups in total. The molecule has 0 aliphatic heterocycles. The summed E-state index contributed by atoms with van der Waals surface area (Å²) in [6.45, 7) is 3.09. The number of hydrogen-bond donors (Lipinski definition) is 3. The van der Waals surface area contributed by atoms with Crippen molar-refractivity contribution in [1.82, 2.24) is 16.0 Å². The molecule has 0 saturated carbocycles. The van der Waals surface area contributed by atoms with Crippen molar-refractivity contribution < 1.29 is 0 Å². The highest BCUT2D eigenvalue weighted by atomic mass is 28.1. The van der Waals surface area contributed by atoms with Gasteiger partial charge in [-0.3, -0.25) is 16.0 Å². The minimum Gasteiger partial charge on any atom is -0.294 e. The Hall–Kier alpha value is 0.0969. The number of nitrogens with one attached hydrogen (secondary N) is 3. The molecule has 0 heterocycles. The van der Waals surface area contributed by atoms with Crippen LogP contribution in [0.4, 0.5) is 0 Å². The monoisotopic (exact) mass is 147 g/mol. The van der Waals surface area contributed by atoms with E-state index in [-0.39, 0.29) is 5.41 Å². The highest BCUT2D eigenvalue weighted by Gasteiger charge is 2.14. The van der Waals surface area contributed by atoms with Crippen LogP contribution in [0.25, 0.3) is 0 Å². The Bertz CT molecular complexity index is 72.6. The van der Waals surface area contributed by atoms with E-state index in [1.807, 2.05) is 14.1 Å². The van der Waals surface area contributed by atoms with Crippen molar-refractivity contribution in [2.24, 2.45) is 0 Å². The molecule has 0 aromatic rings. The summed E-state index contributed by atoms with van der Waals surface area (Å²) < 4.78 is 0. The predicted molar refractivity (Wildman–Crippen MR) is 44.5 cm³/mol. The first-order valence-electron chi connectivity index (χ1n) is 3.31. The van der Waals surface area contributed by atoms with E-state index in [1.54, 1.807) is 0 Å². The lowest BCUT2D eigenvalue weighted by Gasteiger charge is -2.29.